The maximum atomic E-state index is 11.6. The van der Waals surface area contributed by atoms with Gasteiger partial charge in [0.25, 0.3) is 0 Å². The van der Waals surface area contributed by atoms with Crippen molar-refractivity contribution < 1.29 is 24.2 Å². The van der Waals surface area contributed by atoms with Crippen LogP contribution in [0.15, 0.2) is 30.3 Å². The van der Waals surface area contributed by atoms with Gasteiger partial charge in [-0.25, -0.2) is 4.79 Å². The number of benzene rings is 1. The molecule has 0 spiro atoms. The van der Waals surface area contributed by atoms with E-state index in [4.69, 9.17) is 4.74 Å². The van der Waals surface area contributed by atoms with Crippen LogP contribution in [0.1, 0.15) is 12.0 Å². The number of esters is 2. The van der Waals surface area contributed by atoms with Crippen molar-refractivity contribution in [2.24, 2.45) is 0 Å². The van der Waals surface area contributed by atoms with Crippen LogP contribution in [0.4, 0.5) is 0 Å². The Labute approximate surface area is 104 Å². The molecule has 1 N–H and O–H groups in total. The molecule has 1 aromatic carbocycles. The number of hydrogen-bond acceptors (Lipinski definition) is 5. The normalized spacial score (nSPS) is 23.8. The monoisotopic (exact) mass is 250 g/mol. The highest BCUT2D eigenvalue weighted by molar-refractivity contribution is 5.94. The van der Waals surface area contributed by atoms with Crippen molar-refractivity contribution in [1.29, 1.82) is 0 Å². The first-order valence-electron chi connectivity index (χ1n) is 5.61. The first-order valence-corrected chi connectivity index (χ1v) is 5.61. The van der Waals surface area contributed by atoms with Crippen LogP contribution in [-0.4, -0.2) is 35.9 Å². The van der Waals surface area contributed by atoms with Gasteiger partial charge in [-0.1, -0.05) is 30.3 Å². The Morgan fingerprint density at radius 3 is 2.61 bits per heavy atom. The van der Waals surface area contributed by atoms with Gasteiger partial charge in [0.05, 0.1) is 13.5 Å². The minimum atomic E-state index is -1.54. The summed E-state index contributed by atoms with van der Waals surface area (Å²) in [5.74, 6) is -1.22. The van der Waals surface area contributed by atoms with E-state index in [1.807, 2.05) is 30.3 Å². The molecule has 0 aromatic heterocycles. The number of aliphatic hydroxyl groups excluding tert-OH is 1. The zero-order valence-corrected chi connectivity index (χ0v) is 9.96. The van der Waals surface area contributed by atoms with E-state index in [-0.39, 0.29) is 12.8 Å². The average Bonchev–Trinajstić information content (AvgIpc) is 2.34. The fourth-order valence-corrected chi connectivity index (χ4v) is 2.02. The topological polar surface area (TPSA) is 72.8 Å². The van der Waals surface area contributed by atoms with E-state index in [1.165, 1.54) is 7.11 Å². The summed E-state index contributed by atoms with van der Waals surface area (Å²) >= 11 is 0. The zero-order valence-electron chi connectivity index (χ0n) is 9.96. The zero-order chi connectivity index (χ0) is 13.2. The molecule has 0 aliphatic carbocycles. The SMILES string of the molecule is COC(=O)[C@@]1([C@H](O)Cc2ccccc2)CC(=O)O1. The lowest BCUT2D eigenvalue weighted by Crippen LogP contribution is -2.62. The summed E-state index contributed by atoms with van der Waals surface area (Å²) in [6.45, 7) is 0. The van der Waals surface area contributed by atoms with Crippen LogP contribution >= 0.6 is 0 Å². The molecule has 1 saturated heterocycles. The van der Waals surface area contributed by atoms with Gasteiger partial charge in [-0.05, 0) is 5.56 Å². The van der Waals surface area contributed by atoms with Crippen molar-refractivity contribution in [3.05, 3.63) is 35.9 Å². The number of methoxy groups -OCH3 is 1. The van der Waals surface area contributed by atoms with Gasteiger partial charge in [-0.2, -0.15) is 0 Å². The lowest BCUT2D eigenvalue weighted by Gasteiger charge is -2.40. The summed E-state index contributed by atoms with van der Waals surface area (Å²) in [5.41, 5.74) is -0.682. The molecule has 0 radical (unpaired) electrons. The third-order valence-electron chi connectivity index (χ3n) is 3.04. The Hall–Kier alpha value is -1.88. The molecule has 1 heterocycles. The quantitative estimate of drug-likeness (QED) is 0.785. The number of aliphatic hydroxyl groups is 1. The summed E-state index contributed by atoms with van der Waals surface area (Å²) in [4.78, 5) is 22.6. The van der Waals surface area contributed by atoms with Crippen molar-refractivity contribution in [3.63, 3.8) is 0 Å². The Morgan fingerprint density at radius 1 is 1.50 bits per heavy atom. The number of rotatable bonds is 4. The summed E-state index contributed by atoms with van der Waals surface area (Å²) in [6.07, 6.45) is -1.03. The van der Waals surface area contributed by atoms with Crippen LogP contribution in [-0.2, 0) is 25.5 Å². The second-order valence-electron chi connectivity index (χ2n) is 4.24. The highest BCUT2D eigenvalue weighted by Gasteiger charge is 2.59. The third kappa shape index (κ3) is 2.09. The Morgan fingerprint density at radius 2 is 2.11 bits per heavy atom. The lowest BCUT2D eigenvalue weighted by molar-refractivity contribution is -0.223. The standard InChI is InChI=1S/C13H14O5/c1-17-12(16)13(8-11(15)18-13)10(14)7-9-5-3-2-4-6-9/h2-6,10,14H,7-8H2,1H3/t10-,13+/m1/s1. The van der Waals surface area contributed by atoms with Gasteiger partial charge in [0.1, 0.15) is 6.10 Å². The first kappa shape index (κ1) is 12.6. The van der Waals surface area contributed by atoms with E-state index in [1.54, 1.807) is 0 Å². The molecule has 2 atom stereocenters. The van der Waals surface area contributed by atoms with E-state index < -0.39 is 23.6 Å². The molecular formula is C13H14O5. The van der Waals surface area contributed by atoms with Crippen molar-refractivity contribution in [2.75, 3.05) is 7.11 Å². The first-order chi connectivity index (χ1) is 8.58. The van der Waals surface area contributed by atoms with Crippen LogP contribution in [0.25, 0.3) is 0 Å². The molecule has 5 nitrogen and oxygen atoms in total. The molecule has 18 heavy (non-hydrogen) atoms. The molecule has 0 bridgehead atoms. The second kappa shape index (κ2) is 4.78. The van der Waals surface area contributed by atoms with E-state index in [0.29, 0.717) is 0 Å². The van der Waals surface area contributed by atoms with Gasteiger partial charge in [-0.3, -0.25) is 4.79 Å². The molecule has 96 valence electrons. The molecule has 0 amide bonds. The van der Waals surface area contributed by atoms with Crippen molar-refractivity contribution in [2.45, 2.75) is 24.5 Å². The van der Waals surface area contributed by atoms with E-state index in [0.717, 1.165) is 5.56 Å². The number of cyclic esters (lactones) is 1. The Balaban J connectivity index is 2.13. The van der Waals surface area contributed by atoms with Crippen LogP contribution in [0, 0.1) is 0 Å². The Bertz CT molecular complexity index is 446. The molecule has 5 heteroatoms. The van der Waals surface area contributed by atoms with Gasteiger partial charge in [0, 0.05) is 6.42 Å². The number of carbonyl (C=O) groups excluding carboxylic acids is 2. The van der Waals surface area contributed by atoms with E-state index in [2.05, 4.69) is 4.74 Å². The number of hydrogen-bond donors (Lipinski definition) is 1. The molecule has 1 fully saturated rings. The lowest BCUT2D eigenvalue weighted by atomic mass is 9.84. The summed E-state index contributed by atoms with van der Waals surface area (Å²) in [5, 5.41) is 10.1. The summed E-state index contributed by atoms with van der Waals surface area (Å²) < 4.78 is 9.44. The molecule has 0 unspecified atom stereocenters. The maximum absolute atomic E-state index is 11.6. The molecular weight excluding hydrogens is 236 g/mol. The second-order valence-corrected chi connectivity index (χ2v) is 4.24. The van der Waals surface area contributed by atoms with Crippen molar-refractivity contribution in [3.8, 4) is 0 Å². The molecule has 1 aliphatic rings. The number of ether oxygens (including phenoxy) is 2. The molecule has 1 aliphatic heterocycles. The van der Waals surface area contributed by atoms with Crippen LogP contribution < -0.4 is 0 Å². The average molecular weight is 250 g/mol. The van der Waals surface area contributed by atoms with Crippen molar-refractivity contribution >= 4 is 11.9 Å². The largest absolute Gasteiger partial charge is 0.466 e. The van der Waals surface area contributed by atoms with E-state index in [9.17, 15) is 14.7 Å². The van der Waals surface area contributed by atoms with Gasteiger partial charge in [0.2, 0.25) is 5.60 Å². The van der Waals surface area contributed by atoms with Crippen molar-refractivity contribution in [1.82, 2.24) is 0 Å². The summed E-state index contributed by atoms with van der Waals surface area (Å²) in [7, 11) is 1.20. The third-order valence-corrected chi connectivity index (χ3v) is 3.04. The molecule has 1 aromatic rings. The summed E-state index contributed by atoms with van der Waals surface area (Å²) in [6, 6.07) is 9.18. The fourth-order valence-electron chi connectivity index (χ4n) is 2.02. The van der Waals surface area contributed by atoms with Gasteiger partial charge in [-0.15, -0.1) is 0 Å². The minimum absolute atomic E-state index is 0.145. The highest BCUT2D eigenvalue weighted by Crippen LogP contribution is 2.34. The van der Waals surface area contributed by atoms with Gasteiger partial charge < -0.3 is 14.6 Å². The smallest absolute Gasteiger partial charge is 0.353 e. The predicted octanol–water partition coefficient (Wildman–Crippen LogP) is 0.449. The predicted molar refractivity (Wildman–Crippen MR) is 61.6 cm³/mol. The van der Waals surface area contributed by atoms with Gasteiger partial charge >= 0.3 is 11.9 Å². The van der Waals surface area contributed by atoms with Crippen LogP contribution in [0.2, 0.25) is 0 Å². The van der Waals surface area contributed by atoms with Gasteiger partial charge in [0.15, 0.2) is 0 Å². The van der Waals surface area contributed by atoms with E-state index >= 15 is 0 Å². The molecule has 0 saturated carbocycles. The Kier molecular flexibility index (Phi) is 3.34. The highest BCUT2D eigenvalue weighted by atomic mass is 16.6. The minimum Gasteiger partial charge on any atom is -0.466 e. The van der Waals surface area contributed by atoms with Crippen LogP contribution in [0.5, 0.6) is 0 Å². The van der Waals surface area contributed by atoms with Crippen LogP contribution in [0.3, 0.4) is 0 Å². The fraction of sp³-hybridized carbons (Fsp3) is 0.385. The molecule has 2 rings (SSSR count). The number of carbonyl (C=O) groups is 2. The maximum Gasteiger partial charge on any atom is 0.353 e.